The zero-order chi connectivity index (χ0) is 8.60. The molecule has 4 heteroatoms. The molecule has 1 aliphatic carbocycles. The van der Waals surface area contributed by atoms with Gasteiger partial charge in [-0.1, -0.05) is 0 Å². The Kier molecular flexibility index (Phi) is 2.23. The first-order valence-electron chi connectivity index (χ1n) is 4.07. The molecule has 0 saturated heterocycles. The van der Waals surface area contributed by atoms with Gasteiger partial charge in [-0.2, -0.15) is 0 Å². The predicted molar refractivity (Wildman–Crippen MR) is 54.3 cm³/mol. The maximum Gasteiger partial charge on any atom is 0.159 e. The summed E-state index contributed by atoms with van der Waals surface area (Å²) in [6.45, 7) is 0. The molecule has 66 valence electrons. The van der Waals surface area contributed by atoms with Crippen molar-refractivity contribution >= 4 is 27.3 Å². The van der Waals surface area contributed by atoms with E-state index in [2.05, 4.69) is 26.3 Å². The number of hydrogen-bond donors (Lipinski definition) is 1. The molecule has 1 heterocycles. The fourth-order valence-corrected chi connectivity index (χ4v) is 2.27. The number of aromatic nitrogens is 1. The topological polar surface area (TPSA) is 38.9 Å². The third kappa shape index (κ3) is 2.06. The molecule has 0 bridgehead atoms. The van der Waals surface area contributed by atoms with Gasteiger partial charge >= 0.3 is 0 Å². The molecule has 1 saturated carbocycles. The summed E-state index contributed by atoms with van der Waals surface area (Å²) < 4.78 is 0.972. The van der Waals surface area contributed by atoms with Gasteiger partial charge in [-0.25, -0.2) is 4.98 Å². The van der Waals surface area contributed by atoms with Gasteiger partial charge in [0.25, 0.3) is 0 Å². The fourth-order valence-electron chi connectivity index (χ4n) is 1.18. The zero-order valence-corrected chi connectivity index (χ0v) is 9.12. The van der Waals surface area contributed by atoms with E-state index in [0.717, 1.165) is 16.8 Å². The van der Waals surface area contributed by atoms with Crippen LogP contribution in [0.3, 0.4) is 0 Å². The van der Waals surface area contributed by atoms with E-state index in [9.17, 15) is 0 Å². The van der Waals surface area contributed by atoms with Crippen LogP contribution in [-0.2, 0) is 6.42 Å². The molecule has 1 aromatic rings. The predicted octanol–water partition coefficient (Wildman–Crippen LogP) is 2.33. The minimum Gasteiger partial charge on any atom is -0.325 e. The standard InChI is InChI=1S/C8H11BrN2S/c9-7-11-6(5-12-7)1-2-8(10)3-4-8/h5H,1-4,10H2. The highest BCUT2D eigenvalue weighted by molar-refractivity contribution is 9.11. The molecule has 0 atom stereocenters. The van der Waals surface area contributed by atoms with Crippen LogP contribution in [0.15, 0.2) is 9.30 Å². The van der Waals surface area contributed by atoms with Crippen LogP contribution in [0, 0.1) is 0 Å². The summed E-state index contributed by atoms with van der Waals surface area (Å²) in [6.07, 6.45) is 4.50. The monoisotopic (exact) mass is 246 g/mol. The number of nitrogens with two attached hydrogens (primary N) is 1. The molecular weight excluding hydrogens is 236 g/mol. The highest BCUT2D eigenvalue weighted by atomic mass is 79.9. The van der Waals surface area contributed by atoms with E-state index in [0.29, 0.717) is 0 Å². The van der Waals surface area contributed by atoms with Gasteiger partial charge in [-0.15, -0.1) is 11.3 Å². The number of halogens is 1. The minimum absolute atomic E-state index is 0.163. The number of nitrogens with zero attached hydrogens (tertiary/aromatic N) is 1. The normalized spacial score (nSPS) is 19.5. The molecule has 0 unspecified atom stereocenters. The molecule has 0 aliphatic heterocycles. The highest BCUT2D eigenvalue weighted by Crippen LogP contribution is 2.36. The summed E-state index contributed by atoms with van der Waals surface area (Å²) >= 11 is 4.98. The van der Waals surface area contributed by atoms with Crippen molar-refractivity contribution in [1.82, 2.24) is 4.98 Å². The van der Waals surface area contributed by atoms with Crippen molar-refractivity contribution in [3.8, 4) is 0 Å². The first-order chi connectivity index (χ1) is 5.68. The molecule has 2 nitrogen and oxygen atoms in total. The van der Waals surface area contributed by atoms with Crippen LogP contribution in [-0.4, -0.2) is 10.5 Å². The van der Waals surface area contributed by atoms with E-state index in [-0.39, 0.29) is 5.54 Å². The molecule has 1 aromatic heterocycles. The third-order valence-corrected chi connectivity index (χ3v) is 3.71. The molecule has 0 amide bonds. The van der Waals surface area contributed by atoms with Crippen molar-refractivity contribution < 1.29 is 0 Å². The van der Waals surface area contributed by atoms with Gasteiger partial charge in [0.1, 0.15) is 0 Å². The summed E-state index contributed by atoms with van der Waals surface area (Å²) in [7, 11) is 0. The summed E-state index contributed by atoms with van der Waals surface area (Å²) in [6, 6.07) is 0. The summed E-state index contributed by atoms with van der Waals surface area (Å²) in [5.74, 6) is 0. The Morgan fingerprint density at radius 2 is 2.42 bits per heavy atom. The van der Waals surface area contributed by atoms with Gasteiger partial charge in [-0.05, 0) is 41.6 Å². The van der Waals surface area contributed by atoms with Crippen molar-refractivity contribution in [3.05, 3.63) is 15.0 Å². The maximum absolute atomic E-state index is 5.97. The Labute approximate surface area is 84.3 Å². The number of rotatable bonds is 3. The van der Waals surface area contributed by atoms with Crippen LogP contribution < -0.4 is 5.73 Å². The molecule has 0 aromatic carbocycles. The molecule has 0 radical (unpaired) electrons. The first-order valence-corrected chi connectivity index (χ1v) is 5.74. The van der Waals surface area contributed by atoms with Crippen LogP contribution in [0.5, 0.6) is 0 Å². The Balaban J connectivity index is 1.87. The lowest BCUT2D eigenvalue weighted by Gasteiger charge is -2.04. The van der Waals surface area contributed by atoms with Crippen molar-refractivity contribution in [2.45, 2.75) is 31.2 Å². The fraction of sp³-hybridized carbons (Fsp3) is 0.625. The van der Waals surface area contributed by atoms with Crippen LogP contribution in [0.2, 0.25) is 0 Å². The van der Waals surface area contributed by atoms with E-state index in [1.54, 1.807) is 11.3 Å². The third-order valence-electron chi connectivity index (χ3n) is 2.29. The second-order valence-electron chi connectivity index (χ2n) is 3.45. The molecule has 1 aliphatic rings. The Hall–Kier alpha value is 0.0700. The van der Waals surface area contributed by atoms with Crippen molar-refractivity contribution in [2.75, 3.05) is 0 Å². The van der Waals surface area contributed by atoms with Crippen molar-refractivity contribution in [1.29, 1.82) is 0 Å². The summed E-state index contributed by atoms with van der Waals surface area (Å²) in [4.78, 5) is 4.32. The van der Waals surface area contributed by atoms with Gasteiger partial charge in [0, 0.05) is 10.9 Å². The lowest BCUT2D eigenvalue weighted by molar-refractivity contribution is 0.604. The second-order valence-corrected chi connectivity index (χ2v) is 5.59. The second kappa shape index (κ2) is 3.09. The van der Waals surface area contributed by atoms with Crippen LogP contribution in [0.4, 0.5) is 0 Å². The van der Waals surface area contributed by atoms with Gasteiger partial charge in [0.15, 0.2) is 3.92 Å². The number of aryl methyl sites for hydroxylation is 1. The summed E-state index contributed by atoms with van der Waals surface area (Å²) in [5, 5.41) is 2.09. The van der Waals surface area contributed by atoms with Gasteiger partial charge in [0.05, 0.1) is 5.69 Å². The van der Waals surface area contributed by atoms with E-state index in [1.165, 1.54) is 18.5 Å². The van der Waals surface area contributed by atoms with E-state index in [4.69, 9.17) is 5.73 Å². The minimum atomic E-state index is 0.163. The van der Waals surface area contributed by atoms with Gasteiger partial charge in [0.2, 0.25) is 0 Å². The SMILES string of the molecule is NC1(CCc2csc(Br)n2)CC1. The Morgan fingerprint density at radius 3 is 2.92 bits per heavy atom. The smallest absolute Gasteiger partial charge is 0.159 e. The molecule has 2 rings (SSSR count). The zero-order valence-electron chi connectivity index (χ0n) is 6.72. The maximum atomic E-state index is 5.97. The van der Waals surface area contributed by atoms with Crippen LogP contribution in [0.25, 0.3) is 0 Å². The Morgan fingerprint density at radius 1 is 1.67 bits per heavy atom. The van der Waals surface area contributed by atoms with E-state index >= 15 is 0 Å². The molecule has 0 spiro atoms. The molecular formula is C8H11BrN2S. The number of hydrogen-bond acceptors (Lipinski definition) is 3. The van der Waals surface area contributed by atoms with Crippen molar-refractivity contribution in [2.24, 2.45) is 5.73 Å². The Bertz CT molecular complexity index is 280. The van der Waals surface area contributed by atoms with Gasteiger partial charge in [-0.3, -0.25) is 0 Å². The molecule has 2 N–H and O–H groups in total. The van der Waals surface area contributed by atoms with E-state index < -0.39 is 0 Å². The quantitative estimate of drug-likeness (QED) is 0.890. The number of thiazole rings is 1. The summed E-state index contributed by atoms with van der Waals surface area (Å²) in [5.41, 5.74) is 7.30. The van der Waals surface area contributed by atoms with Gasteiger partial charge < -0.3 is 5.73 Å². The van der Waals surface area contributed by atoms with Crippen LogP contribution >= 0.6 is 27.3 Å². The molecule has 12 heavy (non-hydrogen) atoms. The molecule has 1 fully saturated rings. The highest BCUT2D eigenvalue weighted by Gasteiger charge is 2.37. The average molecular weight is 247 g/mol. The van der Waals surface area contributed by atoms with E-state index in [1.807, 2.05) is 0 Å². The average Bonchev–Trinajstić information content (AvgIpc) is 2.60. The largest absolute Gasteiger partial charge is 0.325 e. The van der Waals surface area contributed by atoms with Crippen LogP contribution in [0.1, 0.15) is 25.0 Å². The lowest BCUT2D eigenvalue weighted by Crippen LogP contribution is -2.22. The first kappa shape index (κ1) is 8.66. The van der Waals surface area contributed by atoms with Crippen molar-refractivity contribution in [3.63, 3.8) is 0 Å². The lowest BCUT2D eigenvalue weighted by atomic mass is 10.1.